The molecule has 0 unspecified atom stereocenters. The number of nitrogens with zero attached hydrogens (tertiary/aromatic N) is 4. The van der Waals surface area contributed by atoms with E-state index >= 15 is 0 Å². The molecule has 3 heterocycles. The van der Waals surface area contributed by atoms with Gasteiger partial charge in [0.1, 0.15) is 11.9 Å². The monoisotopic (exact) mass is 435 g/mol. The predicted octanol–water partition coefficient (Wildman–Crippen LogP) is 4.29. The van der Waals surface area contributed by atoms with Crippen molar-refractivity contribution in [2.75, 3.05) is 18.4 Å². The highest BCUT2D eigenvalue weighted by molar-refractivity contribution is 5.89. The van der Waals surface area contributed by atoms with Gasteiger partial charge in [0, 0.05) is 37.2 Å². The molecule has 0 spiro atoms. The minimum atomic E-state index is -0.325. The first kappa shape index (κ1) is 20.5. The third kappa shape index (κ3) is 4.30. The lowest BCUT2D eigenvalue weighted by molar-refractivity contribution is 0.0459. The first-order chi connectivity index (χ1) is 15.5. The largest absolute Gasteiger partial charge is 0.472 e. The van der Waals surface area contributed by atoms with Crippen molar-refractivity contribution >= 4 is 11.7 Å². The number of anilines is 1. The van der Waals surface area contributed by atoms with Gasteiger partial charge in [-0.3, -0.25) is 4.68 Å². The van der Waals surface area contributed by atoms with Crippen LogP contribution in [0.2, 0.25) is 0 Å². The highest BCUT2D eigenvalue weighted by Gasteiger charge is 2.45. The normalized spacial score (nSPS) is 24.8. The fourth-order valence-corrected chi connectivity index (χ4v) is 4.88. The van der Waals surface area contributed by atoms with Crippen molar-refractivity contribution in [1.29, 1.82) is 0 Å². The Balaban J connectivity index is 1.31. The maximum absolute atomic E-state index is 13.2. The third-order valence-electron chi connectivity index (χ3n) is 6.45. The molecule has 1 saturated carbocycles. The zero-order valence-electron chi connectivity index (χ0n) is 17.9. The van der Waals surface area contributed by atoms with E-state index in [2.05, 4.69) is 15.4 Å². The number of ether oxygens (including phenoxy) is 1. The Morgan fingerprint density at radius 1 is 1.12 bits per heavy atom. The fraction of sp³-hybridized carbons (Fsp3) is 0.375. The van der Waals surface area contributed by atoms with Crippen LogP contribution in [0.1, 0.15) is 24.4 Å². The molecule has 2 aromatic heterocycles. The molecule has 8 heteroatoms. The minimum absolute atomic E-state index is 0.0760. The van der Waals surface area contributed by atoms with Gasteiger partial charge in [0.05, 0.1) is 12.2 Å². The van der Waals surface area contributed by atoms with Gasteiger partial charge in [0.2, 0.25) is 5.88 Å². The number of rotatable bonds is 4. The second-order valence-electron chi connectivity index (χ2n) is 8.72. The number of amides is 2. The standard InChI is InChI=1S/C24H26FN5O2/c1-16-12-27-30(13-16)21-10-17-14-29(24(31)28-20-7-5-19(25)6-8-20)15-18(17)11-22(21)32-23-4-2-3-9-26-23/h2-9,12-13,17-18,21-22H,10-11,14-15H2,1H3,(H,28,31)/t17-,18+,21-,22-/m0/s1. The van der Waals surface area contributed by atoms with Crippen LogP contribution in [0.4, 0.5) is 14.9 Å². The van der Waals surface area contributed by atoms with Crippen molar-refractivity contribution in [2.45, 2.75) is 31.9 Å². The van der Waals surface area contributed by atoms with Crippen molar-refractivity contribution < 1.29 is 13.9 Å². The lowest BCUT2D eigenvalue weighted by Gasteiger charge is -2.37. The Labute approximate surface area is 186 Å². The van der Waals surface area contributed by atoms with E-state index in [9.17, 15) is 9.18 Å². The van der Waals surface area contributed by atoms with Gasteiger partial charge in [-0.25, -0.2) is 14.2 Å². The van der Waals surface area contributed by atoms with Crippen molar-refractivity contribution in [3.05, 3.63) is 72.4 Å². The number of halogens is 1. The van der Waals surface area contributed by atoms with Crippen LogP contribution < -0.4 is 10.1 Å². The van der Waals surface area contributed by atoms with E-state index in [1.54, 1.807) is 18.3 Å². The molecule has 1 saturated heterocycles. The van der Waals surface area contributed by atoms with Crippen LogP contribution in [-0.4, -0.2) is 44.9 Å². The maximum Gasteiger partial charge on any atom is 0.321 e. The number of aromatic nitrogens is 3. The number of hydrogen-bond donors (Lipinski definition) is 1. The Kier molecular flexibility index (Phi) is 5.51. The van der Waals surface area contributed by atoms with E-state index < -0.39 is 0 Å². The van der Waals surface area contributed by atoms with Gasteiger partial charge >= 0.3 is 6.03 Å². The smallest absolute Gasteiger partial charge is 0.321 e. The van der Waals surface area contributed by atoms with Crippen LogP contribution >= 0.6 is 0 Å². The number of urea groups is 1. The topological polar surface area (TPSA) is 72.3 Å². The molecular weight excluding hydrogens is 409 g/mol. The SMILES string of the molecule is Cc1cnn([C@H]2C[C@H]3CN(C(=O)Nc4ccc(F)cc4)C[C@H]3C[C@@H]2Oc2ccccn2)c1. The highest BCUT2D eigenvalue weighted by atomic mass is 19.1. The summed E-state index contributed by atoms with van der Waals surface area (Å²) >= 11 is 0. The van der Waals surface area contributed by atoms with Crippen LogP contribution in [0.3, 0.4) is 0 Å². The van der Waals surface area contributed by atoms with Crippen molar-refractivity contribution in [1.82, 2.24) is 19.7 Å². The average molecular weight is 436 g/mol. The number of benzene rings is 1. The summed E-state index contributed by atoms with van der Waals surface area (Å²) in [5, 5.41) is 7.43. The van der Waals surface area contributed by atoms with Crippen LogP contribution in [0.25, 0.3) is 0 Å². The molecule has 4 atom stereocenters. The maximum atomic E-state index is 13.2. The lowest BCUT2D eigenvalue weighted by atomic mass is 9.77. The van der Waals surface area contributed by atoms with Gasteiger partial charge in [-0.15, -0.1) is 0 Å². The quantitative estimate of drug-likeness (QED) is 0.664. The van der Waals surface area contributed by atoms with Crippen LogP contribution in [0, 0.1) is 24.6 Å². The van der Waals surface area contributed by atoms with Gasteiger partial charge in [0.25, 0.3) is 0 Å². The van der Waals surface area contributed by atoms with Crippen LogP contribution in [0.15, 0.2) is 61.1 Å². The Bertz CT molecular complexity index is 1070. The van der Waals surface area contributed by atoms with E-state index in [0.717, 1.165) is 18.4 Å². The molecular formula is C24H26FN5O2. The molecule has 1 N–H and O–H groups in total. The van der Waals surface area contributed by atoms with Gasteiger partial charge in [0.15, 0.2) is 0 Å². The van der Waals surface area contributed by atoms with Crippen molar-refractivity contribution in [2.24, 2.45) is 11.8 Å². The summed E-state index contributed by atoms with van der Waals surface area (Å²) in [5.74, 6) is 0.991. The second kappa shape index (κ2) is 8.61. The molecule has 7 nitrogen and oxygen atoms in total. The first-order valence-corrected chi connectivity index (χ1v) is 10.9. The van der Waals surface area contributed by atoms with E-state index in [4.69, 9.17) is 4.74 Å². The van der Waals surface area contributed by atoms with E-state index in [1.165, 1.54) is 12.1 Å². The summed E-state index contributed by atoms with van der Waals surface area (Å²) in [6, 6.07) is 11.4. The number of fused-ring (bicyclic) bond motifs is 1. The summed E-state index contributed by atoms with van der Waals surface area (Å²) in [6.07, 6.45) is 7.26. The number of nitrogens with one attached hydrogen (secondary N) is 1. The fourth-order valence-electron chi connectivity index (χ4n) is 4.88. The summed E-state index contributed by atoms with van der Waals surface area (Å²) < 4.78 is 21.5. The number of carbonyl (C=O) groups excluding carboxylic acids is 1. The van der Waals surface area contributed by atoms with Crippen molar-refractivity contribution in [3.63, 3.8) is 0 Å². The Hall–Kier alpha value is -3.42. The van der Waals surface area contributed by atoms with E-state index in [1.807, 2.05) is 47.1 Å². The second-order valence-corrected chi connectivity index (χ2v) is 8.72. The van der Waals surface area contributed by atoms with Crippen LogP contribution in [0.5, 0.6) is 5.88 Å². The third-order valence-corrected chi connectivity index (χ3v) is 6.45. The summed E-state index contributed by atoms with van der Waals surface area (Å²) in [6.45, 7) is 3.39. The lowest BCUT2D eigenvalue weighted by Crippen LogP contribution is -2.40. The molecule has 2 aliphatic rings. The zero-order valence-corrected chi connectivity index (χ0v) is 17.9. The summed E-state index contributed by atoms with van der Waals surface area (Å²) in [4.78, 5) is 19.0. The predicted molar refractivity (Wildman–Crippen MR) is 118 cm³/mol. The van der Waals surface area contributed by atoms with Crippen molar-refractivity contribution in [3.8, 4) is 5.88 Å². The van der Waals surface area contributed by atoms with E-state index in [-0.39, 0.29) is 24.0 Å². The Morgan fingerprint density at radius 3 is 2.59 bits per heavy atom. The highest BCUT2D eigenvalue weighted by Crippen LogP contribution is 2.42. The first-order valence-electron chi connectivity index (χ1n) is 10.9. The Morgan fingerprint density at radius 2 is 1.91 bits per heavy atom. The van der Waals surface area contributed by atoms with E-state index in [0.29, 0.717) is 36.5 Å². The van der Waals surface area contributed by atoms with Crippen LogP contribution in [-0.2, 0) is 0 Å². The molecule has 166 valence electrons. The summed E-state index contributed by atoms with van der Waals surface area (Å²) in [7, 11) is 0. The minimum Gasteiger partial charge on any atom is -0.472 e. The molecule has 32 heavy (non-hydrogen) atoms. The van der Waals surface area contributed by atoms with Gasteiger partial charge in [-0.05, 0) is 67.5 Å². The molecule has 1 aliphatic heterocycles. The molecule has 3 aromatic rings. The summed E-state index contributed by atoms with van der Waals surface area (Å²) in [5.41, 5.74) is 1.70. The number of aryl methyl sites for hydroxylation is 1. The number of likely N-dealkylation sites (tertiary alicyclic amines) is 1. The number of carbonyl (C=O) groups is 1. The molecule has 1 aliphatic carbocycles. The number of pyridine rings is 1. The zero-order chi connectivity index (χ0) is 22.1. The number of hydrogen-bond acceptors (Lipinski definition) is 4. The van der Waals surface area contributed by atoms with Gasteiger partial charge in [-0.2, -0.15) is 5.10 Å². The van der Waals surface area contributed by atoms with Gasteiger partial charge < -0.3 is 15.0 Å². The molecule has 5 rings (SSSR count). The molecule has 0 bridgehead atoms. The molecule has 2 fully saturated rings. The van der Waals surface area contributed by atoms with Gasteiger partial charge in [-0.1, -0.05) is 6.07 Å². The average Bonchev–Trinajstić information content (AvgIpc) is 3.41. The molecule has 2 amide bonds. The molecule has 0 radical (unpaired) electrons. The molecule has 1 aromatic carbocycles.